The second-order valence-electron chi connectivity index (χ2n) is 27.3. The molecule has 9 nitrogen and oxygen atoms in total. The third-order valence-electron chi connectivity index (χ3n) is 18.2. The Morgan fingerprint density at radius 2 is 0.598 bits per heavy atom. The topological polar surface area (TPSA) is 134 Å². The smallest absolute Gasteiger partial charge is 0.462 e. The zero-order valence-electron chi connectivity index (χ0n) is 61.1. The maximum absolute atomic E-state index is 12.8. The second kappa shape index (κ2) is 77.7. The number of allylic oxidation sites excluding steroid dienone is 10. The number of hydrogen-bond donors (Lipinski definition) is 2. The summed E-state index contributed by atoms with van der Waals surface area (Å²) in [5.74, 6) is -0.801. The Morgan fingerprint density at radius 1 is 0.337 bits per heavy atom. The SMILES string of the molecule is CC/C=C\C/C=C\C/C=C\C/C=C\C/C=C\CCCCCCCCCCCCCCCCCCCCCCCCCCCC(=O)OC(COC(=O)CCCCCCCCCCCCCCCCCCCCCCCCCCCCCCCC)COP(=O)(O)OCCN. The standard InChI is InChI=1S/C82H154NO8P/c1-3-5-7-9-11-13-15-17-19-21-23-25-27-29-31-33-35-36-37-38-39-40-41-42-43-44-45-47-49-51-53-55-57-59-61-63-65-67-69-71-73-75-82(85)91-80(79-90-92(86,87)89-77-76-83)78-88-81(84)74-72-70-68-66-64-62-60-58-56-54-52-50-48-46-34-32-30-28-26-24-22-20-18-16-14-12-10-8-6-4-2/h5,7,11,13,17,19,23,25,29,31,80H,3-4,6,8-10,12,14-16,18,20-22,24,26-28,30,32-79,83H2,1-2H3,(H,86,87)/b7-5-,13-11-,19-17-,25-23-,31-29-. The normalized spacial score (nSPS) is 13.1. The summed E-state index contributed by atoms with van der Waals surface area (Å²) in [6, 6.07) is 0. The van der Waals surface area contributed by atoms with E-state index in [0.29, 0.717) is 6.42 Å². The number of phosphoric acid groups is 1. The maximum atomic E-state index is 12.8. The van der Waals surface area contributed by atoms with Gasteiger partial charge in [0, 0.05) is 19.4 Å². The average molecular weight is 1310 g/mol. The molecule has 0 radical (unpaired) electrons. The number of phosphoric ester groups is 1. The monoisotopic (exact) mass is 1310 g/mol. The minimum atomic E-state index is -4.39. The van der Waals surface area contributed by atoms with E-state index in [1.54, 1.807) is 0 Å². The quantitative estimate of drug-likeness (QED) is 0.0264. The van der Waals surface area contributed by atoms with Gasteiger partial charge >= 0.3 is 19.8 Å². The van der Waals surface area contributed by atoms with E-state index in [4.69, 9.17) is 24.3 Å². The van der Waals surface area contributed by atoms with Crippen LogP contribution in [0.3, 0.4) is 0 Å². The molecular weight excluding hydrogens is 1160 g/mol. The van der Waals surface area contributed by atoms with Gasteiger partial charge in [0.15, 0.2) is 6.10 Å². The molecule has 3 N–H and O–H groups in total. The van der Waals surface area contributed by atoms with Crippen molar-refractivity contribution in [1.29, 1.82) is 0 Å². The van der Waals surface area contributed by atoms with Crippen LogP contribution in [0.1, 0.15) is 418 Å². The van der Waals surface area contributed by atoms with Crippen molar-refractivity contribution in [2.75, 3.05) is 26.4 Å². The van der Waals surface area contributed by atoms with Gasteiger partial charge in [0.1, 0.15) is 6.61 Å². The lowest BCUT2D eigenvalue weighted by Gasteiger charge is -2.19. The van der Waals surface area contributed by atoms with Crippen LogP contribution in [0.5, 0.6) is 0 Å². The first-order chi connectivity index (χ1) is 45.3. The van der Waals surface area contributed by atoms with Gasteiger partial charge in [-0.05, 0) is 57.8 Å². The predicted octanol–water partition coefficient (Wildman–Crippen LogP) is 26.9. The van der Waals surface area contributed by atoms with E-state index in [9.17, 15) is 19.0 Å². The van der Waals surface area contributed by atoms with Crippen LogP contribution >= 0.6 is 7.82 Å². The second-order valence-corrected chi connectivity index (χ2v) is 28.7. The highest BCUT2D eigenvalue weighted by Gasteiger charge is 2.26. The van der Waals surface area contributed by atoms with Crippen LogP contribution in [0.15, 0.2) is 60.8 Å². The molecule has 0 spiro atoms. The lowest BCUT2D eigenvalue weighted by Crippen LogP contribution is -2.29. The summed E-state index contributed by atoms with van der Waals surface area (Å²) in [6.07, 6.45) is 102. The molecule has 0 aliphatic carbocycles. The van der Waals surface area contributed by atoms with Gasteiger partial charge in [0.05, 0.1) is 13.2 Å². The molecule has 0 aliphatic rings. The van der Waals surface area contributed by atoms with E-state index >= 15 is 0 Å². The predicted molar refractivity (Wildman–Crippen MR) is 400 cm³/mol. The van der Waals surface area contributed by atoms with Crippen LogP contribution in [0.4, 0.5) is 0 Å². The minimum absolute atomic E-state index is 0.0563. The van der Waals surface area contributed by atoms with E-state index in [-0.39, 0.29) is 38.6 Å². The first-order valence-corrected chi connectivity index (χ1v) is 41.8. The first kappa shape index (κ1) is 89.7. The number of hydrogen-bond acceptors (Lipinski definition) is 8. The van der Waals surface area contributed by atoms with Gasteiger partial charge in [-0.25, -0.2) is 4.57 Å². The van der Waals surface area contributed by atoms with Crippen molar-refractivity contribution in [1.82, 2.24) is 0 Å². The lowest BCUT2D eigenvalue weighted by atomic mass is 10.0. The molecule has 0 saturated heterocycles. The van der Waals surface area contributed by atoms with Crippen LogP contribution in [-0.2, 0) is 32.7 Å². The largest absolute Gasteiger partial charge is 0.472 e. The molecule has 10 heteroatoms. The highest BCUT2D eigenvalue weighted by atomic mass is 31.2. The van der Waals surface area contributed by atoms with Gasteiger partial charge in [-0.3, -0.25) is 18.6 Å². The van der Waals surface area contributed by atoms with Crippen molar-refractivity contribution in [3.05, 3.63) is 60.8 Å². The Hall–Kier alpha value is -2.29. The van der Waals surface area contributed by atoms with Gasteiger partial charge in [0.2, 0.25) is 0 Å². The van der Waals surface area contributed by atoms with Crippen molar-refractivity contribution in [2.24, 2.45) is 5.73 Å². The van der Waals surface area contributed by atoms with Crippen LogP contribution < -0.4 is 5.73 Å². The summed E-state index contributed by atoms with van der Waals surface area (Å²) < 4.78 is 33.3. The van der Waals surface area contributed by atoms with Gasteiger partial charge < -0.3 is 20.1 Å². The summed E-state index contributed by atoms with van der Waals surface area (Å²) >= 11 is 0. The van der Waals surface area contributed by atoms with Crippen molar-refractivity contribution < 1.29 is 37.6 Å². The van der Waals surface area contributed by atoms with Crippen LogP contribution in [-0.4, -0.2) is 49.3 Å². The van der Waals surface area contributed by atoms with Crippen molar-refractivity contribution in [2.45, 2.75) is 424 Å². The minimum Gasteiger partial charge on any atom is -0.462 e. The molecule has 0 aliphatic heterocycles. The molecular formula is C82H154NO8P. The van der Waals surface area contributed by atoms with Crippen molar-refractivity contribution in [3.8, 4) is 0 Å². The average Bonchev–Trinajstić information content (AvgIpc) is 2.98. The molecule has 92 heavy (non-hydrogen) atoms. The van der Waals surface area contributed by atoms with Crippen molar-refractivity contribution >= 4 is 19.8 Å². The number of carbonyl (C=O) groups is 2. The number of esters is 2. The Balaban J connectivity index is 3.74. The van der Waals surface area contributed by atoms with Gasteiger partial charge in [-0.15, -0.1) is 0 Å². The molecule has 0 amide bonds. The van der Waals surface area contributed by atoms with Gasteiger partial charge in [-0.2, -0.15) is 0 Å². The highest BCUT2D eigenvalue weighted by molar-refractivity contribution is 7.47. The molecule has 0 aromatic heterocycles. The maximum Gasteiger partial charge on any atom is 0.472 e. The van der Waals surface area contributed by atoms with E-state index in [1.807, 2.05) is 0 Å². The lowest BCUT2D eigenvalue weighted by molar-refractivity contribution is -0.161. The van der Waals surface area contributed by atoms with E-state index in [0.717, 1.165) is 64.2 Å². The third-order valence-corrected chi connectivity index (χ3v) is 19.2. The molecule has 0 fully saturated rings. The summed E-state index contributed by atoms with van der Waals surface area (Å²) in [5, 5.41) is 0. The first-order valence-electron chi connectivity index (χ1n) is 40.3. The number of rotatable bonds is 77. The fraction of sp³-hybridized carbons (Fsp3) is 0.854. The zero-order chi connectivity index (χ0) is 66.5. The summed E-state index contributed by atoms with van der Waals surface area (Å²) in [6.45, 7) is 3.72. The molecule has 0 heterocycles. The van der Waals surface area contributed by atoms with Gasteiger partial charge in [0.25, 0.3) is 0 Å². The molecule has 2 unspecified atom stereocenters. The number of unbranched alkanes of at least 4 members (excludes halogenated alkanes) is 54. The zero-order valence-corrected chi connectivity index (χ0v) is 62.0. The summed E-state index contributed by atoms with van der Waals surface area (Å²) in [5.41, 5.74) is 5.42. The third kappa shape index (κ3) is 76.7. The molecule has 0 aromatic rings. The highest BCUT2D eigenvalue weighted by Crippen LogP contribution is 2.43. The van der Waals surface area contributed by atoms with Crippen LogP contribution in [0, 0.1) is 0 Å². The van der Waals surface area contributed by atoms with Crippen LogP contribution in [0.25, 0.3) is 0 Å². The molecule has 0 rings (SSSR count). The van der Waals surface area contributed by atoms with Crippen LogP contribution in [0.2, 0.25) is 0 Å². The Kier molecular flexibility index (Phi) is 75.8. The number of carbonyl (C=O) groups excluding carboxylic acids is 2. The number of nitrogens with two attached hydrogens (primary N) is 1. The summed E-state index contributed by atoms with van der Waals surface area (Å²) in [7, 11) is -4.39. The number of ether oxygens (including phenoxy) is 2. The molecule has 540 valence electrons. The summed E-state index contributed by atoms with van der Waals surface area (Å²) in [4.78, 5) is 35.5. The fourth-order valence-electron chi connectivity index (χ4n) is 12.3. The molecule has 0 saturated carbocycles. The van der Waals surface area contributed by atoms with E-state index in [2.05, 4.69) is 74.6 Å². The Morgan fingerprint density at radius 3 is 0.891 bits per heavy atom. The Labute approximate surface area is 571 Å². The van der Waals surface area contributed by atoms with Gasteiger partial charge in [-0.1, -0.05) is 408 Å². The Bertz CT molecular complexity index is 1700. The van der Waals surface area contributed by atoms with E-state index in [1.165, 1.54) is 321 Å². The van der Waals surface area contributed by atoms with E-state index < -0.39 is 26.5 Å². The molecule has 0 aromatic carbocycles. The molecule has 0 bridgehead atoms. The van der Waals surface area contributed by atoms with Crippen molar-refractivity contribution in [3.63, 3.8) is 0 Å². The fourth-order valence-corrected chi connectivity index (χ4v) is 13.0. The molecule has 2 atom stereocenters.